The highest BCUT2D eigenvalue weighted by Gasteiger charge is 2.52. The molecule has 1 aromatic rings. The maximum Gasteiger partial charge on any atom is 0.498 e. The van der Waals surface area contributed by atoms with Crippen molar-refractivity contribution in [2.24, 2.45) is 0 Å². The van der Waals surface area contributed by atoms with Crippen LogP contribution in [0, 0.1) is 0 Å². The van der Waals surface area contributed by atoms with Crippen molar-refractivity contribution in [3.63, 3.8) is 0 Å². The van der Waals surface area contributed by atoms with Crippen LogP contribution < -0.4 is 10.2 Å². The average molecular weight is 292 g/mol. The number of ether oxygens (including phenoxy) is 1. The Morgan fingerprint density at radius 1 is 1.05 bits per heavy atom. The first-order valence-corrected chi connectivity index (χ1v) is 7.29. The molecule has 1 aromatic carbocycles. The van der Waals surface area contributed by atoms with Crippen molar-refractivity contribution in [2.45, 2.75) is 65.3 Å². The minimum atomic E-state index is -0.556. The topological polar surface area (TPSA) is 47.9 Å². The van der Waals surface area contributed by atoms with E-state index in [0.29, 0.717) is 11.2 Å². The third-order valence-corrected chi connectivity index (χ3v) is 3.92. The van der Waals surface area contributed by atoms with Gasteiger partial charge in [-0.05, 0) is 66.7 Å². The molecule has 1 aliphatic heterocycles. The van der Waals surface area contributed by atoms with E-state index >= 15 is 0 Å². The van der Waals surface area contributed by atoms with Gasteiger partial charge in [0.05, 0.1) is 11.2 Å². The van der Waals surface area contributed by atoms with Gasteiger partial charge in [-0.3, -0.25) is 0 Å². The number of aromatic hydroxyl groups is 1. The Balaban J connectivity index is 2.38. The molecule has 1 fully saturated rings. The summed E-state index contributed by atoms with van der Waals surface area (Å²) in [5.74, 6) is 0.833. The number of rotatable bonds is 2. The van der Waals surface area contributed by atoms with Crippen LogP contribution in [-0.4, -0.2) is 29.0 Å². The van der Waals surface area contributed by atoms with E-state index in [1.54, 1.807) is 18.2 Å². The quantitative estimate of drug-likeness (QED) is 0.851. The molecule has 0 radical (unpaired) electrons. The summed E-state index contributed by atoms with van der Waals surface area (Å²) in [5.41, 5.74) is -0.483. The molecular formula is C16H25BO4. The highest BCUT2D eigenvalue weighted by molar-refractivity contribution is 6.63. The van der Waals surface area contributed by atoms with Crippen molar-refractivity contribution >= 4 is 12.6 Å². The van der Waals surface area contributed by atoms with Crippen LogP contribution in [0.5, 0.6) is 11.5 Å². The molecule has 0 bridgehead atoms. The summed E-state index contributed by atoms with van der Waals surface area (Å²) in [6.07, 6.45) is 0. The highest BCUT2D eigenvalue weighted by Crippen LogP contribution is 2.37. The van der Waals surface area contributed by atoms with Crippen LogP contribution in [0.25, 0.3) is 0 Å². The minimum absolute atomic E-state index is 0.168. The van der Waals surface area contributed by atoms with Crippen LogP contribution in [0.1, 0.15) is 48.5 Å². The molecule has 1 saturated heterocycles. The molecule has 1 aliphatic rings. The first-order chi connectivity index (χ1) is 9.41. The van der Waals surface area contributed by atoms with Crippen molar-refractivity contribution in [1.82, 2.24) is 0 Å². The molecule has 2 rings (SSSR count). The lowest BCUT2D eigenvalue weighted by molar-refractivity contribution is 0.00578. The Morgan fingerprint density at radius 3 is 2.05 bits per heavy atom. The number of phenolic OH excluding ortho intramolecular Hbond substituents is 1. The Kier molecular flexibility index (Phi) is 3.79. The Morgan fingerprint density at radius 2 is 1.57 bits per heavy atom. The van der Waals surface area contributed by atoms with Crippen LogP contribution in [0.4, 0.5) is 0 Å². The molecule has 0 unspecified atom stereocenters. The average Bonchev–Trinajstić information content (AvgIpc) is 2.49. The van der Waals surface area contributed by atoms with Crippen LogP contribution in [0.15, 0.2) is 18.2 Å². The predicted molar refractivity (Wildman–Crippen MR) is 84.2 cm³/mol. The van der Waals surface area contributed by atoms with Gasteiger partial charge in [-0.1, -0.05) is 0 Å². The maximum absolute atomic E-state index is 9.79. The Bertz CT molecular complexity index is 516. The van der Waals surface area contributed by atoms with E-state index < -0.39 is 18.3 Å². The monoisotopic (exact) mass is 292 g/mol. The van der Waals surface area contributed by atoms with Crippen molar-refractivity contribution in [1.29, 1.82) is 0 Å². The van der Waals surface area contributed by atoms with Crippen LogP contribution in [0.2, 0.25) is 0 Å². The fraction of sp³-hybridized carbons (Fsp3) is 0.625. The van der Waals surface area contributed by atoms with E-state index in [9.17, 15) is 5.11 Å². The molecule has 4 nitrogen and oxygen atoms in total. The summed E-state index contributed by atoms with van der Waals surface area (Å²) < 4.78 is 18.1. The lowest BCUT2D eigenvalue weighted by atomic mass is 9.78. The number of hydrogen-bond acceptors (Lipinski definition) is 4. The van der Waals surface area contributed by atoms with Gasteiger partial charge in [-0.25, -0.2) is 0 Å². The number of phenols is 1. The normalized spacial score (nSPS) is 20.6. The molecular weight excluding hydrogens is 267 g/mol. The first kappa shape index (κ1) is 16.2. The smallest absolute Gasteiger partial charge is 0.498 e. The third-order valence-electron chi connectivity index (χ3n) is 3.92. The van der Waals surface area contributed by atoms with E-state index in [0.717, 1.165) is 0 Å². The zero-order chi connectivity index (χ0) is 16.1. The molecule has 1 heterocycles. The number of benzene rings is 1. The molecule has 0 amide bonds. The molecule has 0 atom stereocenters. The second-order valence-corrected chi connectivity index (χ2v) is 7.52. The van der Waals surface area contributed by atoms with Gasteiger partial charge in [0.25, 0.3) is 0 Å². The molecule has 0 saturated carbocycles. The molecule has 116 valence electrons. The van der Waals surface area contributed by atoms with Crippen LogP contribution in [-0.2, 0) is 9.31 Å². The minimum Gasteiger partial charge on any atom is -0.508 e. The van der Waals surface area contributed by atoms with Gasteiger partial charge in [0, 0.05) is 5.46 Å². The lowest BCUT2D eigenvalue weighted by Gasteiger charge is -2.32. The fourth-order valence-corrected chi connectivity index (χ4v) is 2.11. The summed E-state index contributed by atoms with van der Waals surface area (Å²) in [6.45, 7) is 13.9. The van der Waals surface area contributed by atoms with Crippen LogP contribution in [0.3, 0.4) is 0 Å². The van der Waals surface area contributed by atoms with Gasteiger partial charge in [-0.2, -0.15) is 0 Å². The maximum atomic E-state index is 9.79. The van der Waals surface area contributed by atoms with Crippen molar-refractivity contribution in [2.75, 3.05) is 0 Å². The molecule has 0 spiro atoms. The van der Waals surface area contributed by atoms with E-state index in [1.807, 2.05) is 48.5 Å². The van der Waals surface area contributed by atoms with Gasteiger partial charge in [0.15, 0.2) is 0 Å². The van der Waals surface area contributed by atoms with Gasteiger partial charge >= 0.3 is 7.12 Å². The Labute approximate surface area is 127 Å². The number of hydrogen-bond donors (Lipinski definition) is 1. The molecule has 21 heavy (non-hydrogen) atoms. The predicted octanol–water partition coefficient (Wildman–Crippen LogP) is 2.87. The SMILES string of the molecule is CC(C)(C)Oc1ccc(O)cc1B1OC(C)(C)C(C)(C)O1. The zero-order valence-electron chi connectivity index (χ0n) is 14.0. The van der Waals surface area contributed by atoms with Crippen molar-refractivity contribution in [3.05, 3.63) is 18.2 Å². The molecule has 5 heteroatoms. The third kappa shape index (κ3) is 3.35. The summed E-state index contributed by atoms with van der Waals surface area (Å²) in [5, 5.41) is 9.79. The Hall–Kier alpha value is -1.20. The molecule has 0 aliphatic carbocycles. The lowest BCUT2D eigenvalue weighted by Crippen LogP contribution is -2.41. The zero-order valence-corrected chi connectivity index (χ0v) is 14.0. The van der Waals surface area contributed by atoms with Gasteiger partial charge in [0.2, 0.25) is 0 Å². The van der Waals surface area contributed by atoms with Gasteiger partial charge < -0.3 is 19.2 Å². The summed E-state index contributed by atoms with van der Waals surface area (Å²) in [4.78, 5) is 0. The fourth-order valence-electron chi connectivity index (χ4n) is 2.11. The van der Waals surface area contributed by atoms with Crippen LogP contribution >= 0.6 is 0 Å². The van der Waals surface area contributed by atoms with E-state index in [4.69, 9.17) is 14.0 Å². The van der Waals surface area contributed by atoms with Gasteiger partial charge in [0.1, 0.15) is 17.1 Å². The van der Waals surface area contributed by atoms with Gasteiger partial charge in [-0.15, -0.1) is 0 Å². The largest absolute Gasteiger partial charge is 0.508 e. The van der Waals surface area contributed by atoms with E-state index in [1.165, 1.54) is 0 Å². The summed E-state index contributed by atoms with van der Waals surface area (Å²) >= 11 is 0. The van der Waals surface area contributed by atoms with E-state index in [-0.39, 0.29) is 11.4 Å². The summed E-state index contributed by atoms with van der Waals surface area (Å²) in [6, 6.07) is 5.00. The highest BCUT2D eigenvalue weighted by atomic mass is 16.7. The second kappa shape index (κ2) is 4.92. The first-order valence-electron chi connectivity index (χ1n) is 7.29. The second-order valence-electron chi connectivity index (χ2n) is 7.52. The molecule has 1 N–H and O–H groups in total. The standard InChI is InChI=1S/C16H25BO4/c1-14(2,3)19-13-9-8-11(18)10-12(13)17-20-15(4,5)16(6,7)21-17/h8-10,18H,1-7H3. The summed E-state index contributed by atoms with van der Waals surface area (Å²) in [7, 11) is -0.556. The molecule has 0 aromatic heterocycles. The van der Waals surface area contributed by atoms with E-state index in [2.05, 4.69) is 0 Å². The van der Waals surface area contributed by atoms with Crippen molar-refractivity contribution in [3.8, 4) is 11.5 Å². The van der Waals surface area contributed by atoms with Crippen molar-refractivity contribution < 1.29 is 19.2 Å².